The summed E-state index contributed by atoms with van der Waals surface area (Å²) in [5.74, 6) is 2.65. The maximum Gasteiger partial charge on any atom is 0.198 e. The third-order valence-electron chi connectivity index (χ3n) is 5.95. The van der Waals surface area contributed by atoms with E-state index in [0.29, 0.717) is 56.4 Å². The highest BCUT2D eigenvalue weighted by molar-refractivity contribution is 6.26. The van der Waals surface area contributed by atoms with Gasteiger partial charge >= 0.3 is 0 Å². The molecule has 0 fully saturated rings. The summed E-state index contributed by atoms with van der Waals surface area (Å²) < 4.78 is 18.4. The first kappa shape index (κ1) is 19.3. The fourth-order valence-electron chi connectivity index (χ4n) is 4.23. The molecule has 0 bridgehead atoms. The van der Waals surface area contributed by atoms with Gasteiger partial charge in [0.05, 0.1) is 10.9 Å². The maximum atomic E-state index is 13.6. The van der Waals surface area contributed by atoms with Gasteiger partial charge in [0.25, 0.3) is 0 Å². The van der Waals surface area contributed by atoms with Crippen LogP contribution in [-0.2, 0) is 0 Å². The molecule has 5 aromatic rings. The minimum atomic E-state index is -0.127. The first-order chi connectivity index (χ1) is 16.1. The van der Waals surface area contributed by atoms with Gasteiger partial charge in [-0.15, -0.1) is 0 Å². The van der Waals surface area contributed by atoms with Crippen LogP contribution in [0.4, 0.5) is 0 Å². The molecule has 6 rings (SSSR count). The predicted octanol–water partition coefficient (Wildman–Crippen LogP) is 7.24. The number of fused-ring (bicyclic) bond motifs is 2. The zero-order valence-electron chi connectivity index (χ0n) is 18.1. The van der Waals surface area contributed by atoms with Crippen LogP contribution in [0.2, 0.25) is 0 Å². The molecule has 0 aliphatic heterocycles. The molecule has 5 nitrogen and oxygen atoms in total. The summed E-state index contributed by atoms with van der Waals surface area (Å²) in [7, 11) is 0. The monoisotopic (exact) mass is 433 g/mol. The van der Waals surface area contributed by atoms with Crippen molar-refractivity contribution in [3.05, 3.63) is 101 Å². The van der Waals surface area contributed by atoms with Crippen LogP contribution in [0.3, 0.4) is 0 Å². The fourth-order valence-corrected chi connectivity index (χ4v) is 4.23. The molecule has 1 heterocycles. The molecule has 0 radical (unpaired) electrons. The van der Waals surface area contributed by atoms with Gasteiger partial charge < -0.3 is 14.0 Å². The molecule has 0 N–H and O–H groups in total. The third kappa shape index (κ3) is 3.01. The number of aromatic nitrogens is 1. The molecule has 160 valence electrons. The number of aryl methyl sites for hydroxylation is 2. The second kappa shape index (κ2) is 7.35. The van der Waals surface area contributed by atoms with Crippen molar-refractivity contribution in [2.24, 2.45) is 0 Å². The average molecular weight is 433 g/mol. The lowest BCUT2D eigenvalue weighted by Gasteiger charge is -2.19. The summed E-state index contributed by atoms with van der Waals surface area (Å²) in [6.45, 7) is 3.94. The normalized spacial score (nSPS) is 12.0. The number of rotatable bonds is 4. The highest BCUT2D eigenvalue weighted by atomic mass is 16.5. The SMILES string of the molecule is Cc1ccccc1Oc1cc(Oc2ccccc2C)c2noc3c2c1C(=O)c1ccccc1-3. The van der Waals surface area contributed by atoms with Crippen molar-refractivity contribution >= 4 is 16.7 Å². The number of carbonyl (C=O) groups is 1. The Morgan fingerprint density at radius 3 is 1.94 bits per heavy atom. The van der Waals surface area contributed by atoms with Crippen molar-refractivity contribution < 1.29 is 18.8 Å². The van der Waals surface area contributed by atoms with E-state index in [2.05, 4.69) is 5.16 Å². The summed E-state index contributed by atoms with van der Waals surface area (Å²) in [5.41, 5.74) is 4.13. The van der Waals surface area contributed by atoms with Crippen molar-refractivity contribution in [1.29, 1.82) is 0 Å². The van der Waals surface area contributed by atoms with Crippen molar-refractivity contribution in [1.82, 2.24) is 5.16 Å². The lowest BCUT2D eigenvalue weighted by molar-refractivity contribution is 0.103. The topological polar surface area (TPSA) is 61.6 Å². The minimum absolute atomic E-state index is 0.127. The minimum Gasteiger partial charge on any atom is -0.456 e. The molecule has 1 aliphatic rings. The van der Waals surface area contributed by atoms with Crippen molar-refractivity contribution in [3.8, 4) is 34.3 Å². The van der Waals surface area contributed by atoms with Gasteiger partial charge in [-0.1, -0.05) is 65.8 Å². The van der Waals surface area contributed by atoms with E-state index >= 15 is 0 Å². The molecule has 33 heavy (non-hydrogen) atoms. The van der Waals surface area contributed by atoms with E-state index in [0.717, 1.165) is 11.1 Å². The molecule has 0 saturated carbocycles. The van der Waals surface area contributed by atoms with Crippen molar-refractivity contribution in [2.75, 3.05) is 0 Å². The van der Waals surface area contributed by atoms with Crippen LogP contribution in [0, 0.1) is 13.8 Å². The Balaban J connectivity index is 1.62. The number of para-hydroxylation sites is 2. The number of ether oxygens (including phenoxy) is 2. The molecule has 5 heteroatoms. The number of benzene rings is 4. The Labute approximate surface area is 190 Å². The van der Waals surface area contributed by atoms with Gasteiger partial charge in [0.15, 0.2) is 22.8 Å². The van der Waals surface area contributed by atoms with E-state index < -0.39 is 0 Å². The molecule has 1 aliphatic carbocycles. The summed E-state index contributed by atoms with van der Waals surface area (Å²) in [5, 5.41) is 4.91. The lowest BCUT2D eigenvalue weighted by Crippen LogP contribution is -2.10. The Kier molecular flexibility index (Phi) is 4.30. The Morgan fingerprint density at radius 2 is 1.27 bits per heavy atom. The predicted molar refractivity (Wildman–Crippen MR) is 125 cm³/mol. The van der Waals surface area contributed by atoms with E-state index in [1.54, 1.807) is 12.1 Å². The van der Waals surface area contributed by atoms with Crippen LogP contribution in [0.25, 0.3) is 22.2 Å². The Morgan fingerprint density at radius 1 is 0.697 bits per heavy atom. The first-order valence-corrected chi connectivity index (χ1v) is 10.7. The number of ketones is 1. The number of nitrogens with zero attached hydrogens (tertiary/aromatic N) is 1. The quantitative estimate of drug-likeness (QED) is 0.293. The summed E-state index contributed by atoms with van der Waals surface area (Å²) >= 11 is 0. The largest absolute Gasteiger partial charge is 0.456 e. The maximum absolute atomic E-state index is 13.6. The lowest BCUT2D eigenvalue weighted by atomic mass is 9.87. The van der Waals surface area contributed by atoms with E-state index in [1.165, 1.54) is 0 Å². The Hall–Kier alpha value is -4.38. The second-order valence-electron chi connectivity index (χ2n) is 8.09. The molecule has 1 aromatic heterocycles. The van der Waals surface area contributed by atoms with E-state index in [-0.39, 0.29) is 5.78 Å². The van der Waals surface area contributed by atoms with Crippen LogP contribution in [0.5, 0.6) is 23.0 Å². The van der Waals surface area contributed by atoms with Gasteiger partial charge in [-0.3, -0.25) is 4.79 Å². The number of hydrogen-bond acceptors (Lipinski definition) is 5. The van der Waals surface area contributed by atoms with E-state index in [4.69, 9.17) is 14.0 Å². The summed E-state index contributed by atoms with van der Waals surface area (Å²) in [6.07, 6.45) is 0. The molecule has 4 aromatic carbocycles. The van der Waals surface area contributed by atoms with Gasteiger partial charge in [-0.25, -0.2) is 0 Å². The molecule has 0 atom stereocenters. The molecule has 0 saturated heterocycles. The number of hydrogen-bond donors (Lipinski definition) is 0. The first-order valence-electron chi connectivity index (χ1n) is 10.7. The molecule has 0 unspecified atom stereocenters. The molecular formula is C28H19NO4. The smallest absolute Gasteiger partial charge is 0.198 e. The van der Waals surface area contributed by atoms with Gasteiger partial charge in [-0.05, 0) is 37.1 Å². The molecular weight excluding hydrogens is 414 g/mol. The van der Waals surface area contributed by atoms with Gasteiger partial charge in [0, 0.05) is 17.2 Å². The van der Waals surface area contributed by atoms with E-state index in [9.17, 15) is 4.79 Å². The van der Waals surface area contributed by atoms with Crippen LogP contribution < -0.4 is 9.47 Å². The van der Waals surface area contributed by atoms with Crippen molar-refractivity contribution in [2.45, 2.75) is 13.8 Å². The van der Waals surface area contributed by atoms with Crippen LogP contribution in [0.1, 0.15) is 27.0 Å². The average Bonchev–Trinajstić information content (AvgIpc) is 3.27. The van der Waals surface area contributed by atoms with Gasteiger partial charge in [-0.2, -0.15) is 0 Å². The molecule has 0 amide bonds. The van der Waals surface area contributed by atoms with Crippen molar-refractivity contribution in [3.63, 3.8) is 0 Å². The van der Waals surface area contributed by atoms with Crippen LogP contribution in [0.15, 0.2) is 83.4 Å². The standard InChI is InChI=1S/C28H19NO4/c1-16-9-3-7-13-20(16)31-22-15-23(32-21-14-8-4-10-17(21)2)26-25-24(22)27(30)18-11-5-6-12-19(18)28(25)33-29-26/h3-15H,1-2H3. The zero-order valence-corrected chi connectivity index (χ0v) is 18.1. The van der Waals surface area contributed by atoms with Crippen LogP contribution in [-0.4, -0.2) is 10.9 Å². The summed E-state index contributed by atoms with van der Waals surface area (Å²) in [6, 6.07) is 24.5. The van der Waals surface area contributed by atoms with Gasteiger partial charge in [0.1, 0.15) is 17.2 Å². The fraction of sp³-hybridized carbons (Fsp3) is 0.0714. The van der Waals surface area contributed by atoms with E-state index in [1.807, 2.05) is 80.6 Å². The Bertz CT molecular complexity index is 1560. The van der Waals surface area contributed by atoms with Crippen LogP contribution >= 0.6 is 0 Å². The van der Waals surface area contributed by atoms with Gasteiger partial charge in [0.2, 0.25) is 0 Å². The third-order valence-corrected chi connectivity index (χ3v) is 5.95. The molecule has 0 spiro atoms. The number of carbonyl (C=O) groups excluding carboxylic acids is 1. The zero-order chi connectivity index (χ0) is 22.5. The highest BCUT2D eigenvalue weighted by Crippen LogP contribution is 2.48. The second-order valence-corrected chi connectivity index (χ2v) is 8.09. The highest BCUT2D eigenvalue weighted by Gasteiger charge is 2.34. The summed E-state index contributed by atoms with van der Waals surface area (Å²) in [4.78, 5) is 13.6.